The van der Waals surface area contributed by atoms with Gasteiger partial charge in [0, 0.05) is 5.75 Å². The van der Waals surface area contributed by atoms with Gasteiger partial charge in [-0.2, -0.15) is 5.26 Å². The molecule has 0 bridgehead atoms. The highest BCUT2D eigenvalue weighted by molar-refractivity contribution is 8.01. The number of rotatable bonds is 6. The minimum Gasteiger partial charge on any atom is -0.314 e. The van der Waals surface area contributed by atoms with E-state index < -0.39 is 5.54 Å². The fraction of sp³-hybridized carbons (Fsp3) is 0.700. The average Bonchev–Trinajstić information content (AvgIpc) is 2.64. The minimum absolute atomic E-state index is 0.677. The molecule has 1 aromatic rings. The Hall–Kier alpha value is -0.640. The zero-order chi connectivity index (χ0) is 12.0. The molecule has 0 aliphatic heterocycles. The molecule has 4 nitrogen and oxygen atoms in total. The molecule has 0 aliphatic rings. The van der Waals surface area contributed by atoms with Gasteiger partial charge in [-0.1, -0.05) is 23.1 Å². The number of aromatic nitrogens is 2. The molecule has 0 amide bonds. The van der Waals surface area contributed by atoms with Crippen molar-refractivity contribution in [2.45, 2.75) is 43.0 Å². The van der Waals surface area contributed by atoms with E-state index in [2.05, 4.69) is 16.3 Å². The van der Waals surface area contributed by atoms with E-state index in [9.17, 15) is 0 Å². The van der Waals surface area contributed by atoms with Crippen molar-refractivity contribution in [1.82, 2.24) is 10.2 Å². The standard InChI is InChI=1S/C10H16N4S2/c1-8-13-14-9(16-8)15-6-4-3-5-10(2,12)7-11/h3-6,12H2,1-2H3. The summed E-state index contributed by atoms with van der Waals surface area (Å²) in [7, 11) is 0. The van der Waals surface area contributed by atoms with Crippen LogP contribution >= 0.6 is 23.1 Å². The first kappa shape index (κ1) is 13.4. The number of hydrogen-bond donors (Lipinski definition) is 1. The summed E-state index contributed by atoms with van der Waals surface area (Å²) >= 11 is 3.34. The molecule has 2 N–H and O–H groups in total. The van der Waals surface area contributed by atoms with Crippen molar-refractivity contribution in [2.75, 3.05) is 5.75 Å². The van der Waals surface area contributed by atoms with E-state index in [1.165, 1.54) is 0 Å². The maximum absolute atomic E-state index is 8.73. The summed E-state index contributed by atoms with van der Waals surface area (Å²) < 4.78 is 1.02. The molecule has 1 aromatic heterocycles. The van der Waals surface area contributed by atoms with Crippen molar-refractivity contribution in [1.29, 1.82) is 5.26 Å². The molecular weight excluding hydrogens is 240 g/mol. The lowest BCUT2D eigenvalue weighted by molar-refractivity contribution is 0.519. The smallest absolute Gasteiger partial charge is 0.174 e. The van der Waals surface area contributed by atoms with Crippen LogP contribution in [0.1, 0.15) is 31.2 Å². The van der Waals surface area contributed by atoms with Crippen LogP contribution < -0.4 is 5.73 Å². The Morgan fingerprint density at radius 1 is 1.50 bits per heavy atom. The minimum atomic E-state index is -0.677. The predicted molar refractivity (Wildman–Crippen MR) is 67.4 cm³/mol. The van der Waals surface area contributed by atoms with Crippen LogP contribution in [0.2, 0.25) is 0 Å². The zero-order valence-corrected chi connectivity index (χ0v) is 11.2. The second-order valence-corrected chi connectivity index (χ2v) is 6.45. The topological polar surface area (TPSA) is 75.6 Å². The quantitative estimate of drug-likeness (QED) is 0.624. The lowest BCUT2D eigenvalue weighted by atomic mass is 9.99. The summed E-state index contributed by atoms with van der Waals surface area (Å²) in [5.41, 5.74) is 5.05. The maximum atomic E-state index is 8.73. The fourth-order valence-corrected chi connectivity index (χ4v) is 3.03. The van der Waals surface area contributed by atoms with E-state index in [1.54, 1.807) is 30.0 Å². The van der Waals surface area contributed by atoms with Crippen molar-refractivity contribution in [3.63, 3.8) is 0 Å². The lowest BCUT2D eigenvalue weighted by Crippen LogP contribution is -2.33. The Balaban J connectivity index is 2.11. The summed E-state index contributed by atoms with van der Waals surface area (Å²) in [6.45, 7) is 3.72. The van der Waals surface area contributed by atoms with Gasteiger partial charge in [0.25, 0.3) is 0 Å². The maximum Gasteiger partial charge on any atom is 0.174 e. The van der Waals surface area contributed by atoms with Gasteiger partial charge in [0.2, 0.25) is 0 Å². The van der Waals surface area contributed by atoms with E-state index >= 15 is 0 Å². The highest BCUT2D eigenvalue weighted by Crippen LogP contribution is 2.23. The summed E-state index contributed by atoms with van der Waals surface area (Å²) in [5, 5.41) is 17.7. The summed E-state index contributed by atoms with van der Waals surface area (Å²) in [5.74, 6) is 1.01. The Labute approximate surface area is 104 Å². The third kappa shape index (κ3) is 4.92. The van der Waals surface area contributed by atoms with Gasteiger partial charge in [-0.3, -0.25) is 0 Å². The van der Waals surface area contributed by atoms with Crippen molar-refractivity contribution in [2.24, 2.45) is 5.73 Å². The van der Waals surface area contributed by atoms with E-state index in [0.29, 0.717) is 0 Å². The van der Waals surface area contributed by atoms with Gasteiger partial charge < -0.3 is 5.73 Å². The van der Waals surface area contributed by atoms with Gasteiger partial charge >= 0.3 is 0 Å². The van der Waals surface area contributed by atoms with Crippen LogP contribution in [0.15, 0.2) is 4.34 Å². The molecule has 0 aromatic carbocycles. The molecule has 6 heteroatoms. The van der Waals surface area contributed by atoms with Gasteiger partial charge in [0.1, 0.15) is 10.5 Å². The molecule has 0 aliphatic carbocycles. The van der Waals surface area contributed by atoms with E-state index in [-0.39, 0.29) is 0 Å². The van der Waals surface area contributed by atoms with Crippen LogP contribution in [0.3, 0.4) is 0 Å². The molecule has 1 atom stereocenters. The average molecular weight is 256 g/mol. The second-order valence-electron chi connectivity index (χ2n) is 3.92. The molecule has 0 spiro atoms. The molecule has 16 heavy (non-hydrogen) atoms. The Kier molecular flexibility index (Phi) is 5.19. The van der Waals surface area contributed by atoms with E-state index in [4.69, 9.17) is 11.0 Å². The van der Waals surface area contributed by atoms with E-state index in [0.717, 1.165) is 34.4 Å². The number of nitriles is 1. The van der Waals surface area contributed by atoms with Gasteiger partial charge in [0.15, 0.2) is 4.34 Å². The Morgan fingerprint density at radius 2 is 2.25 bits per heavy atom. The van der Waals surface area contributed by atoms with Crippen LogP contribution in [-0.4, -0.2) is 21.5 Å². The van der Waals surface area contributed by atoms with Crippen LogP contribution in [0.25, 0.3) is 0 Å². The van der Waals surface area contributed by atoms with E-state index in [1.807, 2.05) is 6.92 Å². The summed E-state index contributed by atoms with van der Waals surface area (Å²) in [6.07, 6.45) is 2.78. The number of aryl methyl sites for hydroxylation is 1. The monoisotopic (exact) mass is 256 g/mol. The predicted octanol–water partition coefficient (Wildman–Crippen LogP) is 2.35. The normalized spacial score (nSPS) is 14.4. The van der Waals surface area contributed by atoms with Crippen molar-refractivity contribution in [3.8, 4) is 6.07 Å². The highest BCUT2D eigenvalue weighted by Gasteiger charge is 2.15. The van der Waals surface area contributed by atoms with Crippen molar-refractivity contribution in [3.05, 3.63) is 5.01 Å². The molecule has 1 heterocycles. The van der Waals surface area contributed by atoms with Crippen LogP contribution in [0.5, 0.6) is 0 Å². The first-order valence-corrected chi connectivity index (χ1v) is 6.97. The molecule has 1 unspecified atom stereocenters. The van der Waals surface area contributed by atoms with Crippen LogP contribution in [0, 0.1) is 18.3 Å². The largest absolute Gasteiger partial charge is 0.314 e. The fourth-order valence-electron chi connectivity index (χ4n) is 1.15. The first-order valence-electron chi connectivity index (χ1n) is 5.16. The van der Waals surface area contributed by atoms with Gasteiger partial charge in [-0.25, -0.2) is 0 Å². The first-order chi connectivity index (χ1) is 7.53. The molecule has 0 radical (unpaired) electrons. The second kappa shape index (κ2) is 6.18. The number of unbranched alkanes of at least 4 members (excludes halogenated alkanes) is 1. The number of thioether (sulfide) groups is 1. The third-order valence-electron chi connectivity index (χ3n) is 2.08. The van der Waals surface area contributed by atoms with Crippen molar-refractivity contribution >= 4 is 23.1 Å². The van der Waals surface area contributed by atoms with Crippen LogP contribution in [0.4, 0.5) is 0 Å². The zero-order valence-electron chi connectivity index (χ0n) is 9.56. The van der Waals surface area contributed by atoms with Gasteiger partial charge in [-0.05, 0) is 33.1 Å². The van der Waals surface area contributed by atoms with Crippen LogP contribution in [-0.2, 0) is 0 Å². The Bertz CT molecular complexity index is 367. The third-order valence-corrected chi connectivity index (χ3v) is 4.14. The molecule has 0 saturated heterocycles. The number of nitrogens with zero attached hydrogens (tertiary/aromatic N) is 3. The molecule has 0 saturated carbocycles. The van der Waals surface area contributed by atoms with Gasteiger partial charge in [0.05, 0.1) is 6.07 Å². The lowest BCUT2D eigenvalue weighted by Gasteiger charge is -2.13. The molecular formula is C10H16N4S2. The molecule has 0 fully saturated rings. The summed E-state index contributed by atoms with van der Waals surface area (Å²) in [4.78, 5) is 0. The summed E-state index contributed by atoms with van der Waals surface area (Å²) in [6, 6.07) is 2.10. The molecule has 1 rings (SSSR count). The molecule has 88 valence electrons. The number of nitrogens with two attached hydrogens (primary N) is 1. The SMILES string of the molecule is Cc1nnc(SCCCCC(C)(N)C#N)s1. The van der Waals surface area contributed by atoms with Crippen molar-refractivity contribution < 1.29 is 0 Å². The highest BCUT2D eigenvalue weighted by atomic mass is 32.2. The van der Waals surface area contributed by atoms with Gasteiger partial charge in [-0.15, -0.1) is 10.2 Å². The Morgan fingerprint density at radius 3 is 2.81 bits per heavy atom. The number of hydrogen-bond acceptors (Lipinski definition) is 6.